The molecule has 0 aromatic heterocycles. The van der Waals surface area contributed by atoms with Crippen molar-refractivity contribution in [3.63, 3.8) is 0 Å². The van der Waals surface area contributed by atoms with Gasteiger partial charge in [-0.2, -0.15) is 0 Å². The van der Waals surface area contributed by atoms with E-state index in [9.17, 15) is 14.9 Å². The highest BCUT2D eigenvalue weighted by atomic mass is 16.6. The summed E-state index contributed by atoms with van der Waals surface area (Å²) >= 11 is 0. The lowest BCUT2D eigenvalue weighted by Gasteiger charge is -2.06. The number of carbonyl (C=O) groups excluding carboxylic acids is 1. The Morgan fingerprint density at radius 2 is 2.20 bits per heavy atom. The van der Waals surface area contributed by atoms with Gasteiger partial charge in [0.1, 0.15) is 5.75 Å². The van der Waals surface area contributed by atoms with Gasteiger partial charge >= 0.3 is 0 Å². The fourth-order valence-electron chi connectivity index (χ4n) is 1.12. The van der Waals surface area contributed by atoms with Crippen molar-refractivity contribution in [1.82, 2.24) is 5.32 Å². The standard InChI is InChI=1S/C9H10N2O4/c1-10-9(12)7-4-3-6(11(13)14)5-8(7)15-2/h3-5H,1-2H3,(H,10,12). The summed E-state index contributed by atoms with van der Waals surface area (Å²) in [6.07, 6.45) is 0. The van der Waals surface area contributed by atoms with Crippen LogP contribution in [0.2, 0.25) is 0 Å². The lowest BCUT2D eigenvalue weighted by molar-refractivity contribution is -0.384. The third kappa shape index (κ3) is 2.22. The average Bonchev–Trinajstić information content (AvgIpc) is 2.27. The minimum atomic E-state index is -0.545. The summed E-state index contributed by atoms with van der Waals surface area (Å²) in [6, 6.07) is 3.83. The first kappa shape index (κ1) is 11.0. The summed E-state index contributed by atoms with van der Waals surface area (Å²) in [5.41, 5.74) is 0.158. The van der Waals surface area contributed by atoms with E-state index >= 15 is 0 Å². The molecule has 0 radical (unpaired) electrons. The van der Waals surface area contributed by atoms with Crippen molar-refractivity contribution >= 4 is 11.6 Å². The van der Waals surface area contributed by atoms with Crippen molar-refractivity contribution in [1.29, 1.82) is 0 Å². The molecule has 0 unspecified atom stereocenters. The molecule has 0 bridgehead atoms. The second-order valence-electron chi connectivity index (χ2n) is 2.72. The molecular formula is C9H10N2O4. The predicted molar refractivity (Wildman–Crippen MR) is 53.0 cm³/mol. The Morgan fingerprint density at radius 3 is 2.67 bits per heavy atom. The topological polar surface area (TPSA) is 81.5 Å². The molecular weight excluding hydrogens is 200 g/mol. The van der Waals surface area contributed by atoms with E-state index in [0.717, 1.165) is 0 Å². The third-order valence-electron chi connectivity index (χ3n) is 1.87. The third-order valence-corrected chi connectivity index (χ3v) is 1.87. The molecule has 15 heavy (non-hydrogen) atoms. The van der Waals surface area contributed by atoms with Crippen LogP contribution >= 0.6 is 0 Å². The number of nitro benzene ring substituents is 1. The molecule has 0 aliphatic rings. The molecule has 1 amide bonds. The molecule has 0 atom stereocenters. The number of methoxy groups -OCH3 is 1. The number of nitrogens with zero attached hydrogens (tertiary/aromatic N) is 1. The van der Waals surface area contributed by atoms with Crippen molar-refractivity contribution in [3.8, 4) is 5.75 Å². The molecule has 0 saturated heterocycles. The lowest BCUT2D eigenvalue weighted by Crippen LogP contribution is -2.18. The first-order valence-corrected chi connectivity index (χ1v) is 4.14. The van der Waals surface area contributed by atoms with E-state index in [-0.39, 0.29) is 22.9 Å². The number of benzene rings is 1. The number of hydrogen-bond acceptors (Lipinski definition) is 4. The van der Waals surface area contributed by atoms with Gasteiger partial charge < -0.3 is 10.1 Å². The summed E-state index contributed by atoms with van der Waals surface area (Å²) in [7, 11) is 2.83. The van der Waals surface area contributed by atoms with Crippen LogP contribution in [0.25, 0.3) is 0 Å². The van der Waals surface area contributed by atoms with Crippen LogP contribution in [0.1, 0.15) is 10.4 Å². The number of ether oxygens (including phenoxy) is 1. The van der Waals surface area contributed by atoms with E-state index in [1.165, 1.54) is 32.4 Å². The van der Waals surface area contributed by atoms with Crippen LogP contribution < -0.4 is 10.1 Å². The number of amides is 1. The highest BCUT2D eigenvalue weighted by Gasteiger charge is 2.15. The average molecular weight is 210 g/mol. The maximum Gasteiger partial charge on any atom is 0.273 e. The Labute approximate surface area is 86.0 Å². The Bertz CT molecular complexity index is 403. The van der Waals surface area contributed by atoms with Crippen LogP contribution in [0.4, 0.5) is 5.69 Å². The molecule has 1 N–H and O–H groups in total. The molecule has 0 aliphatic heterocycles. The van der Waals surface area contributed by atoms with Gasteiger partial charge in [0.2, 0.25) is 0 Å². The van der Waals surface area contributed by atoms with Gasteiger partial charge in [-0.05, 0) is 6.07 Å². The smallest absolute Gasteiger partial charge is 0.273 e. The maximum absolute atomic E-state index is 11.3. The van der Waals surface area contributed by atoms with Crippen molar-refractivity contribution in [3.05, 3.63) is 33.9 Å². The van der Waals surface area contributed by atoms with Crippen molar-refractivity contribution in [2.45, 2.75) is 0 Å². The molecule has 6 heteroatoms. The van der Waals surface area contributed by atoms with Gasteiger partial charge in [0.25, 0.3) is 11.6 Å². The molecule has 1 aromatic carbocycles. The molecule has 1 aromatic rings. The molecule has 0 aliphatic carbocycles. The Balaban J connectivity index is 3.20. The zero-order valence-electron chi connectivity index (χ0n) is 8.31. The van der Waals surface area contributed by atoms with Gasteiger partial charge in [0.15, 0.2) is 0 Å². The molecule has 0 heterocycles. The van der Waals surface area contributed by atoms with E-state index in [0.29, 0.717) is 0 Å². The van der Waals surface area contributed by atoms with Crippen LogP contribution in [0.5, 0.6) is 5.75 Å². The first-order chi connectivity index (χ1) is 7.10. The zero-order valence-corrected chi connectivity index (χ0v) is 8.31. The van der Waals surface area contributed by atoms with Gasteiger partial charge in [-0.15, -0.1) is 0 Å². The number of rotatable bonds is 3. The number of nitrogens with one attached hydrogen (secondary N) is 1. The van der Waals surface area contributed by atoms with Crippen molar-refractivity contribution < 1.29 is 14.5 Å². The summed E-state index contributed by atoms with van der Waals surface area (Å²) in [4.78, 5) is 21.2. The molecule has 80 valence electrons. The normalized spacial score (nSPS) is 9.47. The molecule has 0 fully saturated rings. The Hall–Kier alpha value is -2.11. The fraction of sp³-hybridized carbons (Fsp3) is 0.222. The molecule has 0 spiro atoms. The van der Waals surface area contributed by atoms with Crippen molar-refractivity contribution in [2.75, 3.05) is 14.2 Å². The predicted octanol–water partition coefficient (Wildman–Crippen LogP) is 0.963. The van der Waals surface area contributed by atoms with E-state index in [2.05, 4.69) is 5.32 Å². The van der Waals surface area contributed by atoms with Crippen LogP contribution in [0.3, 0.4) is 0 Å². The van der Waals surface area contributed by atoms with Gasteiger partial charge in [-0.3, -0.25) is 14.9 Å². The van der Waals surface area contributed by atoms with Gasteiger partial charge in [-0.25, -0.2) is 0 Å². The minimum absolute atomic E-state index is 0.112. The van der Waals surface area contributed by atoms with Crippen LogP contribution in [0, 0.1) is 10.1 Å². The molecule has 0 saturated carbocycles. The zero-order chi connectivity index (χ0) is 11.4. The minimum Gasteiger partial charge on any atom is -0.496 e. The van der Waals surface area contributed by atoms with E-state index in [4.69, 9.17) is 4.74 Å². The molecule has 6 nitrogen and oxygen atoms in total. The Kier molecular flexibility index (Phi) is 3.22. The number of hydrogen-bond donors (Lipinski definition) is 1. The fourth-order valence-corrected chi connectivity index (χ4v) is 1.12. The molecule has 1 rings (SSSR count). The van der Waals surface area contributed by atoms with E-state index < -0.39 is 4.92 Å². The second kappa shape index (κ2) is 4.41. The van der Waals surface area contributed by atoms with E-state index in [1.54, 1.807) is 0 Å². The highest BCUT2D eigenvalue weighted by Crippen LogP contribution is 2.24. The van der Waals surface area contributed by atoms with Gasteiger partial charge in [0.05, 0.1) is 23.7 Å². The van der Waals surface area contributed by atoms with Gasteiger partial charge in [0, 0.05) is 13.1 Å². The SMILES string of the molecule is CNC(=O)c1ccc([N+](=O)[O-])cc1OC. The summed E-state index contributed by atoms with van der Waals surface area (Å²) < 4.78 is 4.89. The second-order valence-corrected chi connectivity index (χ2v) is 2.72. The van der Waals surface area contributed by atoms with Gasteiger partial charge in [-0.1, -0.05) is 0 Å². The van der Waals surface area contributed by atoms with Crippen LogP contribution in [0.15, 0.2) is 18.2 Å². The van der Waals surface area contributed by atoms with Crippen molar-refractivity contribution in [2.24, 2.45) is 0 Å². The van der Waals surface area contributed by atoms with Crippen LogP contribution in [-0.4, -0.2) is 25.0 Å². The lowest BCUT2D eigenvalue weighted by atomic mass is 10.1. The first-order valence-electron chi connectivity index (χ1n) is 4.14. The largest absolute Gasteiger partial charge is 0.496 e. The number of carbonyl (C=O) groups is 1. The monoisotopic (exact) mass is 210 g/mol. The number of nitro groups is 1. The quantitative estimate of drug-likeness (QED) is 0.595. The summed E-state index contributed by atoms with van der Waals surface area (Å²) in [5.74, 6) is -0.162. The summed E-state index contributed by atoms with van der Waals surface area (Å²) in [5, 5.41) is 12.9. The number of non-ortho nitro benzene ring substituents is 1. The van der Waals surface area contributed by atoms with Crippen LogP contribution in [-0.2, 0) is 0 Å². The summed E-state index contributed by atoms with van der Waals surface area (Å²) in [6.45, 7) is 0. The maximum atomic E-state index is 11.3. The Morgan fingerprint density at radius 1 is 1.53 bits per heavy atom. The van der Waals surface area contributed by atoms with E-state index in [1.807, 2.05) is 0 Å². The highest BCUT2D eigenvalue weighted by molar-refractivity contribution is 5.97.